The summed E-state index contributed by atoms with van der Waals surface area (Å²) in [6.45, 7) is 3.94. The fourth-order valence-electron chi connectivity index (χ4n) is 5.27. The van der Waals surface area contributed by atoms with Crippen molar-refractivity contribution < 1.29 is 14.3 Å². The molecular weight excluding hydrogens is 366 g/mol. The molecule has 27 heavy (non-hydrogen) atoms. The quantitative estimate of drug-likeness (QED) is 0.759. The zero-order valence-electron chi connectivity index (χ0n) is 15.5. The minimum absolute atomic E-state index is 0.133. The third kappa shape index (κ3) is 2.86. The van der Waals surface area contributed by atoms with Crippen molar-refractivity contribution in [3.05, 3.63) is 5.51 Å². The van der Waals surface area contributed by atoms with Crippen molar-refractivity contribution in [3.63, 3.8) is 0 Å². The van der Waals surface area contributed by atoms with Gasteiger partial charge in [0.05, 0.1) is 6.54 Å². The first-order valence-corrected chi connectivity index (χ1v) is 10.7. The van der Waals surface area contributed by atoms with E-state index in [0.29, 0.717) is 37.4 Å². The lowest BCUT2D eigenvalue weighted by atomic mass is 9.61. The topological polar surface area (TPSA) is 78.9 Å². The van der Waals surface area contributed by atoms with Crippen LogP contribution < -0.4 is 4.90 Å². The van der Waals surface area contributed by atoms with Crippen molar-refractivity contribution in [1.82, 2.24) is 20.0 Å². The molecule has 146 valence electrons. The van der Waals surface area contributed by atoms with E-state index >= 15 is 0 Å². The van der Waals surface area contributed by atoms with Crippen LogP contribution in [0.25, 0.3) is 0 Å². The molecule has 3 aliphatic heterocycles. The van der Waals surface area contributed by atoms with Crippen LogP contribution in [0.2, 0.25) is 0 Å². The van der Waals surface area contributed by atoms with Gasteiger partial charge in [0.1, 0.15) is 11.1 Å². The summed E-state index contributed by atoms with van der Waals surface area (Å²) in [4.78, 5) is 30.8. The van der Waals surface area contributed by atoms with Crippen LogP contribution >= 0.6 is 11.3 Å². The predicted octanol–water partition coefficient (Wildman–Crippen LogP) is 1.44. The lowest BCUT2D eigenvalue weighted by molar-refractivity contribution is -0.148. The van der Waals surface area contributed by atoms with E-state index in [4.69, 9.17) is 4.74 Å². The molecule has 0 aromatic carbocycles. The Balaban J connectivity index is 1.19. The molecule has 1 saturated carbocycles. The lowest BCUT2D eigenvalue weighted by Gasteiger charge is -2.51. The Bertz CT molecular complexity index is 733. The molecule has 0 N–H and O–H groups in total. The van der Waals surface area contributed by atoms with Gasteiger partial charge in [-0.05, 0) is 24.7 Å². The highest BCUT2D eigenvalue weighted by Gasteiger charge is 2.51. The average molecular weight is 391 g/mol. The van der Waals surface area contributed by atoms with Gasteiger partial charge < -0.3 is 19.4 Å². The van der Waals surface area contributed by atoms with Crippen LogP contribution in [-0.4, -0.2) is 77.4 Å². The maximum atomic E-state index is 13.1. The normalized spacial score (nSPS) is 32.3. The number of rotatable bonds is 2. The number of aromatic nitrogens is 2. The molecule has 9 heteroatoms. The van der Waals surface area contributed by atoms with E-state index in [9.17, 15) is 9.59 Å². The first kappa shape index (κ1) is 17.2. The first-order chi connectivity index (χ1) is 13.0. The zero-order valence-corrected chi connectivity index (χ0v) is 16.4. The fraction of sp³-hybridized carbons (Fsp3) is 0.778. The average Bonchev–Trinajstić information content (AvgIpc) is 3.26. The number of likely N-dealkylation sites (tertiary alicyclic amines) is 1. The number of hydrogen-bond donors (Lipinski definition) is 0. The maximum absolute atomic E-state index is 13.1. The second-order valence-corrected chi connectivity index (χ2v) is 9.27. The Hall–Kier alpha value is -1.90. The molecule has 0 radical (unpaired) electrons. The Labute approximate surface area is 162 Å². The standard InChI is InChI=1S/C18H25N5O3S/c1-21-10-18(26-17(21)25)3-6-22(7-4-18)15(24)13-8-12-2-5-23(9-14(12)13)16-20-19-11-27-16/h11-14H,2-10H2,1H3/t12-,13-,14-/m1/s1. The van der Waals surface area contributed by atoms with Crippen molar-refractivity contribution in [2.75, 3.05) is 44.7 Å². The predicted molar refractivity (Wildman–Crippen MR) is 99.5 cm³/mol. The van der Waals surface area contributed by atoms with Gasteiger partial charge in [-0.2, -0.15) is 0 Å². The molecule has 3 saturated heterocycles. The van der Waals surface area contributed by atoms with Gasteiger partial charge in [-0.15, -0.1) is 10.2 Å². The van der Waals surface area contributed by atoms with E-state index in [1.165, 1.54) is 0 Å². The summed E-state index contributed by atoms with van der Waals surface area (Å²) >= 11 is 1.57. The highest BCUT2D eigenvalue weighted by Crippen LogP contribution is 2.47. The number of likely N-dealkylation sites (N-methyl/N-ethyl adjacent to an activating group) is 1. The van der Waals surface area contributed by atoms with Crippen molar-refractivity contribution in [2.45, 2.75) is 31.3 Å². The Morgan fingerprint density at radius 1 is 1.33 bits per heavy atom. The van der Waals surface area contributed by atoms with Gasteiger partial charge in [0.15, 0.2) is 0 Å². The van der Waals surface area contributed by atoms with Crippen LogP contribution in [0.15, 0.2) is 5.51 Å². The number of piperidine rings is 2. The Kier molecular flexibility index (Phi) is 4.03. The molecule has 5 rings (SSSR count). The van der Waals surface area contributed by atoms with Crippen molar-refractivity contribution in [2.24, 2.45) is 17.8 Å². The second kappa shape index (κ2) is 6.32. The number of anilines is 1. The molecule has 0 bridgehead atoms. The van der Waals surface area contributed by atoms with E-state index in [1.807, 2.05) is 4.90 Å². The van der Waals surface area contributed by atoms with E-state index in [1.54, 1.807) is 28.8 Å². The highest BCUT2D eigenvalue weighted by molar-refractivity contribution is 7.13. The number of carbonyl (C=O) groups excluding carboxylic acids is 2. The van der Waals surface area contributed by atoms with E-state index < -0.39 is 0 Å². The summed E-state index contributed by atoms with van der Waals surface area (Å²) in [5, 5.41) is 9.11. The van der Waals surface area contributed by atoms with Crippen LogP contribution in [0, 0.1) is 17.8 Å². The monoisotopic (exact) mass is 391 g/mol. The molecule has 0 unspecified atom stereocenters. The zero-order chi connectivity index (χ0) is 18.6. The largest absolute Gasteiger partial charge is 0.441 e. The molecule has 3 atom stereocenters. The van der Waals surface area contributed by atoms with Crippen LogP contribution in [0.5, 0.6) is 0 Å². The Morgan fingerprint density at radius 3 is 2.81 bits per heavy atom. The van der Waals surface area contributed by atoms with Gasteiger partial charge in [0, 0.05) is 52.0 Å². The molecule has 4 aliphatic rings. The molecule has 8 nitrogen and oxygen atoms in total. The number of amides is 2. The van der Waals surface area contributed by atoms with Gasteiger partial charge in [-0.25, -0.2) is 4.79 Å². The van der Waals surface area contributed by atoms with Gasteiger partial charge in [0.25, 0.3) is 0 Å². The van der Waals surface area contributed by atoms with Crippen LogP contribution in [-0.2, 0) is 9.53 Å². The number of ether oxygens (including phenoxy) is 1. The molecule has 1 aliphatic carbocycles. The molecule has 4 heterocycles. The summed E-state index contributed by atoms with van der Waals surface area (Å²) < 4.78 is 5.60. The van der Waals surface area contributed by atoms with Gasteiger partial charge >= 0.3 is 6.09 Å². The van der Waals surface area contributed by atoms with Crippen LogP contribution in [0.4, 0.5) is 9.93 Å². The summed E-state index contributed by atoms with van der Waals surface area (Å²) in [7, 11) is 1.77. The third-order valence-corrected chi connectivity index (χ3v) is 7.69. The summed E-state index contributed by atoms with van der Waals surface area (Å²) in [6, 6.07) is 0. The molecule has 1 aromatic rings. The maximum Gasteiger partial charge on any atom is 0.410 e. The molecule has 4 fully saturated rings. The van der Waals surface area contributed by atoms with Gasteiger partial charge in [0.2, 0.25) is 11.0 Å². The number of hydrogen-bond acceptors (Lipinski definition) is 7. The van der Waals surface area contributed by atoms with Crippen molar-refractivity contribution in [1.29, 1.82) is 0 Å². The Morgan fingerprint density at radius 2 is 2.15 bits per heavy atom. The summed E-state index contributed by atoms with van der Waals surface area (Å²) in [5.74, 6) is 1.53. The van der Waals surface area contributed by atoms with E-state index in [2.05, 4.69) is 15.1 Å². The third-order valence-electron chi connectivity index (χ3n) is 6.94. The van der Waals surface area contributed by atoms with Crippen LogP contribution in [0.3, 0.4) is 0 Å². The fourth-order valence-corrected chi connectivity index (χ4v) is 5.87. The molecular formula is C18H25N5O3S. The number of nitrogens with zero attached hydrogens (tertiary/aromatic N) is 5. The lowest BCUT2D eigenvalue weighted by Crippen LogP contribution is -2.57. The highest BCUT2D eigenvalue weighted by atomic mass is 32.1. The summed E-state index contributed by atoms with van der Waals surface area (Å²) in [5.41, 5.74) is 1.38. The first-order valence-electron chi connectivity index (χ1n) is 9.79. The van der Waals surface area contributed by atoms with Gasteiger partial charge in [-0.3, -0.25) is 4.79 Å². The number of fused-ring (bicyclic) bond motifs is 1. The van der Waals surface area contributed by atoms with Gasteiger partial charge in [-0.1, -0.05) is 11.3 Å². The van der Waals surface area contributed by atoms with E-state index in [0.717, 1.165) is 43.9 Å². The van der Waals surface area contributed by atoms with E-state index in [-0.39, 0.29) is 17.6 Å². The summed E-state index contributed by atoms with van der Waals surface area (Å²) in [6.07, 6.45) is 3.40. The molecule has 2 amide bonds. The molecule has 1 spiro atoms. The minimum Gasteiger partial charge on any atom is -0.441 e. The number of carbonyl (C=O) groups is 2. The second-order valence-electron chi connectivity index (χ2n) is 8.45. The smallest absolute Gasteiger partial charge is 0.410 e. The minimum atomic E-state index is -0.385. The molecule has 1 aromatic heterocycles. The van der Waals surface area contributed by atoms with Crippen molar-refractivity contribution in [3.8, 4) is 0 Å². The SMILES string of the molecule is CN1CC2(CCN(C(=O)[C@@H]3C[C@H]4CCN(c5nncs5)C[C@H]43)CC2)OC1=O. The van der Waals surface area contributed by atoms with Crippen molar-refractivity contribution >= 4 is 28.5 Å². The van der Waals surface area contributed by atoms with Crippen LogP contribution in [0.1, 0.15) is 25.7 Å².